The molecule has 6 heteroatoms. The topological polar surface area (TPSA) is 32.3 Å². The first-order valence-electron chi connectivity index (χ1n) is 5.66. The fourth-order valence-electron chi connectivity index (χ4n) is 1.52. The number of amides is 1. The second kappa shape index (κ2) is 7.22. The molecule has 0 aliphatic heterocycles. The van der Waals surface area contributed by atoms with Crippen LogP contribution in [0.25, 0.3) is 0 Å². The standard InChI is InChI=1S/C12H15BrCl2N2O/c1-3-17(4-2)10(18)7-16-9-6-5-8(13)11(14)12(9)15/h5-6,16H,3-4,7H2,1-2H3. The second-order valence-corrected chi connectivity index (χ2v) is 5.25. The van der Waals surface area contributed by atoms with E-state index in [2.05, 4.69) is 21.2 Å². The molecule has 1 aromatic rings. The second-order valence-electron chi connectivity index (χ2n) is 3.64. The first-order valence-corrected chi connectivity index (χ1v) is 7.21. The monoisotopic (exact) mass is 352 g/mol. The van der Waals surface area contributed by atoms with Crippen LogP contribution in [0, 0.1) is 0 Å². The van der Waals surface area contributed by atoms with Crippen LogP contribution >= 0.6 is 39.1 Å². The van der Waals surface area contributed by atoms with Crippen LogP contribution in [0.15, 0.2) is 16.6 Å². The molecule has 0 heterocycles. The minimum atomic E-state index is 0.0371. The molecule has 1 amide bonds. The third-order valence-corrected chi connectivity index (χ3v) is 4.35. The Balaban J connectivity index is 2.70. The van der Waals surface area contributed by atoms with Gasteiger partial charge in [-0.25, -0.2) is 0 Å². The number of hydrogen-bond donors (Lipinski definition) is 1. The Morgan fingerprint density at radius 2 is 1.89 bits per heavy atom. The van der Waals surface area contributed by atoms with Gasteiger partial charge in [0.05, 0.1) is 22.3 Å². The molecule has 3 nitrogen and oxygen atoms in total. The average Bonchev–Trinajstić information content (AvgIpc) is 2.36. The SMILES string of the molecule is CCN(CC)C(=O)CNc1ccc(Br)c(Cl)c1Cl. The molecule has 1 aromatic carbocycles. The van der Waals surface area contributed by atoms with Gasteiger partial charge in [-0.1, -0.05) is 23.2 Å². The number of anilines is 1. The molecule has 100 valence electrons. The van der Waals surface area contributed by atoms with E-state index in [1.54, 1.807) is 17.0 Å². The predicted molar refractivity (Wildman–Crippen MR) is 80.6 cm³/mol. The molecule has 0 aliphatic carbocycles. The third-order valence-electron chi connectivity index (χ3n) is 2.58. The summed E-state index contributed by atoms with van der Waals surface area (Å²) in [6, 6.07) is 3.58. The van der Waals surface area contributed by atoms with E-state index >= 15 is 0 Å². The summed E-state index contributed by atoms with van der Waals surface area (Å²) in [5.41, 5.74) is 0.658. The first kappa shape index (κ1) is 15.6. The molecule has 0 saturated carbocycles. The van der Waals surface area contributed by atoms with E-state index in [-0.39, 0.29) is 12.5 Å². The highest BCUT2D eigenvalue weighted by molar-refractivity contribution is 9.10. The lowest BCUT2D eigenvalue weighted by molar-refractivity contribution is -0.128. The van der Waals surface area contributed by atoms with Gasteiger partial charge in [0, 0.05) is 17.6 Å². The van der Waals surface area contributed by atoms with Crippen molar-refractivity contribution < 1.29 is 4.79 Å². The van der Waals surface area contributed by atoms with Gasteiger partial charge in [0.25, 0.3) is 0 Å². The largest absolute Gasteiger partial charge is 0.375 e. The number of rotatable bonds is 5. The number of halogens is 3. The fourth-order valence-corrected chi connectivity index (χ4v) is 2.36. The number of likely N-dealkylation sites (N-methyl/N-ethyl adjacent to an activating group) is 1. The smallest absolute Gasteiger partial charge is 0.241 e. The van der Waals surface area contributed by atoms with Crippen molar-refractivity contribution >= 4 is 50.7 Å². The van der Waals surface area contributed by atoms with Gasteiger partial charge in [-0.2, -0.15) is 0 Å². The van der Waals surface area contributed by atoms with E-state index in [0.29, 0.717) is 28.8 Å². The van der Waals surface area contributed by atoms with Crippen LogP contribution in [0.5, 0.6) is 0 Å². The molecular formula is C12H15BrCl2N2O. The Labute approximate surface area is 126 Å². The molecule has 0 radical (unpaired) electrons. The summed E-state index contributed by atoms with van der Waals surface area (Å²) in [6.45, 7) is 5.51. The Morgan fingerprint density at radius 1 is 1.28 bits per heavy atom. The number of carbonyl (C=O) groups is 1. The Hall–Kier alpha value is -0.450. The maximum Gasteiger partial charge on any atom is 0.241 e. The van der Waals surface area contributed by atoms with Crippen molar-refractivity contribution in [2.24, 2.45) is 0 Å². The van der Waals surface area contributed by atoms with E-state index in [4.69, 9.17) is 23.2 Å². The highest BCUT2D eigenvalue weighted by atomic mass is 79.9. The number of nitrogens with zero attached hydrogens (tertiary/aromatic N) is 1. The summed E-state index contributed by atoms with van der Waals surface area (Å²) in [5.74, 6) is 0.0371. The first-order chi connectivity index (χ1) is 8.51. The molecule has 0 aliphatic rings. The van der Waals surface area contributed by atoms with Crippen LogP contribution < -0.4 is 5.32 Å². The molecule has 0 bridgehead atoms. The van der Waals surface area contributed by atoms with Crippen molar-refractivity contribution in [1.29, 1.82) is 0 Å². The van der Waals surface area contributed by atoms with Gasteiger partial charge in [-0.15, -0.1) is 0 Å². The molecule has 18 heavy (non-hydrogen) atoms. The molecule has 1 N–H and O–H groups in total. The van der Waals surface area contributed by atoms with Gasteiger partial charge in [0.1, 0.15) is 0 Å². The lowest BCUT2D eigenvalue weighted by Crippen LogP contribution is -2.35. The van der Waals surface area contributed by atoms with Gasteiger partial charge >= 0.3 is 0 Å². The van der Waals surface area contributed by atoms with Crippen LogP contribution in [0.3, 0.4) is 0 Å². The summed E-state index contributed by atoms with van der Waals surface area (Å²) in [4.78, 5) is 13.6. The van der Waals surface area contributed by atoms with E-state index in [9.17, 15) is 4.79 Å². The minimum absolute atomic E-state index is 0.0371. The van der Waals surface area contributed by atoms with E-state index in [0.717, 1.165) is 4.47 Å². The van der Waals surface area contributed by atoms with E-state index in [1.165, 1.54) is 0 Å². The number of nitrogens with one attached hydrogen (secondary N) is 1. The summed E-state index contributed by atoms with van der Waals surface area (Å²) < 4.78 is 0.731. The van der Waals surface area contributed by atoms with Gasteiger partial charge in [0.2, 0.25) is 5.91 Å². The highest BCUT2D eigenvalue weighted by Gasteiger charge is 2.12. The van der Waals surface area contributed by atoms with Gasteiger partial charge in [-0.3, -0.25) is 4.79 Å². The molecule has 0 fully saturated rings. The van der Waals surface area contributed by atoms with Gasteiger partial charge in [0.15, 0.2) is 0 Å². The number of benzene rings is 1. The lowest BCUT2D eigenvalue weighted by atomic mass is 10.3. The van der Waals surface area contributed by atoms with Crippen molar-refractivity contribution in [3.8, 4) is 0 Å². The molecular weight excluding hydrogens is 339 g/mol. The highest BCUT2D eigenvalue weighted by Crippen LogP contribution is 2.35. The quantitative estimate of drug-likeness (QED) is 0.810. The average molecular weight is 354 g/mol. The number of carbonyl (C=O) groups excluding carboxylic acids is 1. The molecule has 0 saturated heterocycles. The zero-order chi connectivity index (χ0) is 13.7. The number of hydrogen-bond acceptors (Lipinski definition) is 2. The van der Waals surface area contributed by atoms with Crippen LogP contribution in [0.1, 0.15) is 13.8 Å². The molecule has 0 unspecified atom stereocenters. The van der Waals surface area contributed by atoms with Crippen molar-refractivity contribution in [3.05, 3.63) is 26.7 Å². The van der Waals surface area contributed by atoms with Crippen LogP contribution in [0.4, 0.5) is 5.69 Å². The van der Waals surface area contributed by atoms with E-state index in [1.807, 2.05) is 13.8 Å². The Bertz CT molecular complexity index is 436. The van der Waals surface area contributed by atoms with Crippen LogP contribution in [-0.4, -0.2) is 30.4 Å². The summed E-state index contributed by atoms with van der Waals surface area (Å²) in [5, 5.41) is 3.86. The molecule has 0 spiro atoms. The molecule has 0 atom stereocenters. The Kier molecular flexibility index (Phi) is 6.26. The van der Waals surface area contributed by atoms with Crippen molar-refractivity contribution in [1.82, 2.24) is 4.90 Å². The third kappa shape index (κ3) is 3.77. The maximum absolute atomic E-state index is 11.8. The van der Waals surface area contributed by atoms with Crippen molar-refractivity contribution in [2.75, 3.05) is 25.0 Å². The normalized spacial score (nSPS) is 10.3. The lowest BCUT2D eigenvalue weighted by Gasteiger charge is -2.19. The van der Waals surface area contributed by atoms with Gasteiger partial charge in [-0.05, 0) is 41.9 Å². The molecule has 0 aromatic heterocycles. The predicted octanol–water partition coefficient (Wildman–Crippen LogP) is 4.04. The molecule has 1 rings (SSSR count). The summed E-state index contributed by atoms with van der Waals surface area (Å²) >= 11 is 15.4. The maximum atomic E-state index is 11.8. The van der Waals surface area contributed by atoms with Crippen molar-refractivity contribution in [3.63, 3.8) is 0 Å². The van der Waals surface area contributed by atoms with Crippen LogP contribution in [-0.2, 0) is 4.79 Å². The van der Waals surface area contributed by atoms with Gasteiger partial charge < -0.3 is 10.2 Å². The summed E-state index contributed by atoms with van der Waals surface area (Å²) in [7, 11) is 0. The minimum Gasteiger partial charge on any atom is -0.375 e. The fraction of sp³-hybridized carbons (Fsp3) is 0.417. The zero-order valence-corrected chi connectivity index (χ0v) is 13.4. The summed E-state index contributed by atoms with van der Waals surface area (Å²) in [6.07, 6.45) is 0. The Morgan fingerprint density at radius 3 is 2.44 bits per heavy atom. The van der Waals surface area contributed by atoms with Crippen LogP contribution in [0.2, 0.25) is 10.0 Å². The van der Waals surface area contributed by atoms with E-state index < -0.39 is 0 Å². The zero-order valence-electron chi connectivity index (χ0n) is 10.3. The van der Waals surface area contributed by atoms with Crippen molar-refractivity contribution in [2.45, 2.75) is 13.8 Å².